The van der Waals surface area contributed by atoms with Crippen molar-refractivity contribution in [2.24, 2.45) is 0 Å². The lowest BCUT2D eigenvalue weighted by Crippen LogP contribution is -2.40. The Morgan fingerprint density at radius 2 is 2.15 bits per heavy atom. The summed E-state index contributed by atoms with van der Waals surface area (Å²) in [6.07, 6.45) is 7.34. The topological polar surface area (TPSA) is 29.5 Å². The van der Waals surface area contributed by atoms with E-state index in [9.17, 15) is 4.79 Å². The van der Waals surface area contributed by atoms with Gasteiger partial charge in [0.15, 0.2) is 0 Å². The van der Waals surface area contributed by atoms with Crippen LogP contribution in [-0.4, -0.2) is 37.1 Å². The fraction of sp³-hybridized carbons (Fsp3) is 0.688. The van der Waals surface area contributed by atoms with Gasteiger partial charge in [0.1, 0.15) is 0 Å². The first kappa shape index (κ1) is 15.5. The Morgan fingerprint density at radius 1 is 1.40 bits per heavy atom. The van der Waals surface area contributed by atoms with E-state index in [1.807, 2.05) is 11.9 Å². The Labute approximate surface area is 125 Å². The van der Waals surface area contributed by atoms with Crippen molar-refractivity contribution in [3.05, 3.63) is 22.4 Å². The maximum atomic E-state index is 12.2. The number of ether oxygens (including phenoxy) is 1. The normalized spacial score (nSPS) is 22.7. The number of hydrogen-bond donors (Lipinski definition) is 0. The largest absolute Gasteiger partial charge is 0.381 e. The van der Waals surface area contributed by atoms with E-state index in [2.05, 4.69) is 17.5 Å². The van der Waals surface area contributed by atoms with E-state index >= 15 is 0 Å². The van der Waals surface area contributed by atoms with Gasteiger partial charge in [-0.2, -0.15) is 0 Å². The Bertz CT molecular complexity index is 397. The van der Waals surface area contributed by atoms with Crippen LogP contribution in [-0.2, 0) is 16.0 Å². The van der Waals surface area contributed by atoms with Crippen LogP contribution in [0.2, 0.25) is 0 Å². The van der Waals surface area contributed by atoms with Crippen LogP contribution >= 0.6 is 11.3 Å². The number of hydrogen-bond acceptors (Lipinski definition) is 3. The number of carbonyl (C=O) groups excluding carboxylic acids is 1. The highest BCUT2D eigenvalue weighted by Gasteiger charge is 2.25. The second-order valence-electron chi connectivity index (χ2n) is 5.60. The van der Waals surface area contributed by atoms with Crippen LogP contribution < -0.4 is 0 Å². The summed E-state index contributed by atoms with van der Waals surface area (Å²) in [5.41, 5.74) is 0. The highest BCUT2D eigenvalue weighted by atomic mass is 32.1. The van der Waals surface area contributed by atoms with Crippen LogP contribution in [0.25, 0.3) is 0 Å². The molecule has 1 saturated carbocycles. The summed E-state index contributed by atoms with van der Waals surface area (Å²) in [6.45, 7) is 0. The monoisotopic (exact) mass is 295 g/mol. The van der Waals surface area contributed by atoms with E-state index in [0.29, 0.717) is 24.5 Å². The third kappa shape index (κ3) is 4.32. The van der Waals surface area contributed by atoms with E-state index in [4.69, 9.17) is 4.74 Å². The van der Waals surface area contributed by atoms with E-state index < -0.39 is 0 Å². The molecule has 0 atom stereocenters. The molecule has 0 aromatic carbocycles. The Balaban J connectivity index is 1.69. The van der Waals surface area contributed by atoms with Gasteiger partial charge in [0.05, 0.1) is 6.10 Å². The highest BCUT2D eigenvalue weighted by Crippen LogP contribution is 2.24. The van der Waals surface area contributed by atoms with Crippen LogP contribution in [0.5, 0.6) is 0 Å². The quantitative estimate of drug-likeness (QED) is 0.804. The smallest absolute Gasteiger partial charge is 0.222 e. The highest BCUT2D eigenvalue weighted by molar-refractivity contribution is 7.09. The zero-order valence-electron chi connectivity index (χ0n) is 12.5. The van der Waals surface area contributed by atoms with Crippen molar-refractivity contribution in [2.45, 2.75) is 57.1 Å². The second-order valence-corrected chi connectivity index (χ2v) is 6.64. The predicted octanol–water partition coefficient (Wildman–Crippen LogP) is 3.49. The number of amides is 1. The SMILES string of the molecule is COC1CCC(N(C)C(=O)CCCc2cccs2)CC1. The predicted molar refractivity (Wildman–Crippen MR) is 83.1 cm³/mol. The Morgan fingerprint density at radius 3 is 2.75 bits per heavy atom. The average Bonchev–Trinajstić information content (AvgIpc) is 2.99. The lowest BCUT2D eigenvalue weighted by molar-refractivity contribution is -0.133. The van der Waals surface area contributed by atoms with E-state index in [-0.39, 0.29) is 0 Å². The maximum absolute atomic E-state index is 12.2. The summed E-state index contributed by atoms with van der Waals surface area (Å²) in [5, 5.41) is 2.09. The van der Waals surface area contributed by atoms with Gasteiger partial charge in [-0.05, 0) is 50.0 Å². The van der Waals surface area contributed by atoms with Crippen LogP contribution in [0, 0.1) is 0 Å². The number of nitrogens with zero attached hydrogens (tertiary/aromatic N) is 1. The molecule has 20 heavy (non-hydrogen) atoms. The fourth-order valence-corrected chi connectivity index (χ4v) is 3.67. The van der Waals surface area contributed by atoms with Crippen LogP contribution in [0.4, 0.5) is 0 Å². The van der Waals surface area contributed by atoms with E-state index in [0.717, 1.165) is 38.5 Å². The molecule has 0 aliphatic heterocycles. The summed E-state index contributed by atoms with van der Waals surface area (Å²) < 4.78 is 5.38. The summed E-state index contributed by atoms with van der Waals surface area (Å²) in [7, 11) is 3.75. The third-order valence-corrected chi connectivity index (χ3v) is 5.25. The molecule has 3 nitrogen and oxygen atoms in total. The van der Waals surface area contributed by atoms with Crippen molar-refractivity contribution in [1.29, 1.82) is 0 Å². The van der Waals surface area contributed by atoms with Crippen LogP contribution in [0.1, 0.15) is 43.4 Å². The Hall–Kier alpha value is -0.870. The minimum atomic E-state index is 0.294. The molecule has 2 rings (SSSR count). The van der Waals surface area contributed by atoms with Gasteiger partial charge in [0.2, 0.25) is 5.91 Å². The lowest BCUT2D eigenvalue weighted by Gasteiger charge is -2.34. The molecule has 0 spiro atoms. The lowest BCUT2D eigenvalue weighted by atomic mass is 9.92. The minimum Gasteiger partial charge on any atom is -0.381 e. The van der Waals surface area contributed by atoms with E-state index in [1.54, 1.807) is 18.4 Å². The van der Waals surface area contributed by atoms with Crippen LogP contribution in [0.3, 0.4) is 0 Å². The van der Waals surface area contributed by atoms with Gasteiger partial charge in [-0.25, -0.2) is 0 Å². The van der Waals surface area contributed by atoms with Crippen molar-refractivity contribution in [3.63, 3.8) is 0 Å². The number of aryl methyl sites for hydroxylation is 1. The summed E-state index contributed by atoms with van der Waals surface area (Å²) >= 11 is 1.77. The first-order valence-electron chi connectivity index (χ1n) is 7.51. The minimum absolute atomic E-state index is 0.294. The van der Waals surface area contributed by atoms with Crippen molar-refractivity contribution < 1.29 is 9.53 Å². The van der Waals surface area contributed by atoms with E-state index in [1.165, 1.54) is 4.88 Å². The van der Waals surface area contributed by atoms with Crippen LogP contribution in [0.15, 0.2) is 17.5 Å². The van der Waals surface area contributed by atoms with Crippen molar-refractivity contribution >= 4 is 17.2 Å². The van der Waals surface area contributed by atoms with Gasteiger partial charge in [-0.15, -0.1) is 11.3 Å². The molecule has 1 aromatic rings. The molecule has 0 N–H and O–H groups in total. The zero-order valence-corrected chi connectivity index (χ0v) is 13.3. The summed E-state index contributed by atoms with van der Waals surface area (Å²) in [4.78, 5) is 15.6. The molecule has 1 aliphatic carbocycles. The molecule has 1 heterocycles. The van der Waals surface area contributed by atoms with Gasteiger partial charge < -0.3 is 9.64 Å². The molecule has 4 heteroatoms. The van der Waals surface area contributed by atoms with Crippen molar-refractivity contribution in [2.75, 3.05) is 14.2 Å². The molecule has 1 fully saturated rings. The van der Waals surface area contributed by atoms with Gasteiger partial charge in [0, 0.05) is 31.5 Å². The molecule has 112 valence electrons. The van der Waals surface area contributed by atoms with Crippen molar-refractivity contribution in [1.82, 2.24) is 4.90 Å². The number of thiophene rings is 1. The summed E-state index contributed by atoms with van der Waals surface area (Å²) in [6, 6.07) is 4.63. The molecule has 0 saturated heterocycles. The third-order valence-electron chi connectivity index (χ3n) is 4.31. The molecular weight excluding hydrogens is 270 g/mol. The van der Waals surface area contributed by atoms with Gasteiger partial charge >= 0.3 is 0 Å². The first-order chi connectivity index (χ1) is 9.70. The summed E-state index contributed by atoms with van der Waals surface area (Å²) in [5.74, 6) is 0.294. The molecular formula is C16H25NO2S. The molecule has 1 aliphatic rings. The standard InChI is InChI=1S/C16H25NO2S/c1-17(13-8-10-14(19-2)11-9-13)16(18)7-3-5-15-6-4-12-20-15/h4,6,12-14H,3,5,7-11H2,1-2H3. The average molecular weight is 295 g/mol. The first-order valence-corrected chi connectivity index (χ1v) is 8.39. The molecule has 0 radical (unpaired) electrons. The molecule has 1 aromatic heterocycles. The molecule has 1 amide bonds. The van der Waals surface area contributed by atoms with Crippen molar-refractivity contribution in [3.8, 4) is 0 Å². The number of carbonyl (C=O) groups is 1. The zero-order chi connectivity index (χ0) is 14.4. The van der Waals surface area contributed by atoms with Gasteiger partial charge in [0.25, 0.3) is 0 Å². The fourth-order valence-electron chi connectivity index (χ4n) is 2.92. The number of methoxy groups -OCH3 is 1. The number of rotatable bonds is 6. The molecule has 0 bridgehead atoms. The van der Waals surface area contributed by atoms with Gasteiger partial charge in [-0.3, -0.25) is 4.79 Å². The maximum Gasteiger partial charge on any atom is 0.222 e. The molecule has 0 unspecified atom stereocenters. The second kappa shape index (κ2) is 7.79. The Kier molecular flexibility index (Phi) is 6.05. The van der Waals surface area contributed by atoms with Gasteiger partial charge in [-0.1, -0.05) is 6.07 Å².